The highest BCUT2D eigenvalue weighted by Gasteiger charge is 2.52. The van der Waals surface area contributed by atoms with Gasteiger partial charge in [0.2, 0.25) is 5.91 Å². The van der Waals surface area contributed by atoms with E-state index in [0.717, 1.165) is 17.7 Å². The van der Waals surface area contributed by atoms with Crippen LogP contribution in [0.2, 0.25) is 0 Å². The molecular formula is C27H26F3N7O4. The lowest BCUT2D eigenvalue weighted by molar-refractivity contribution is -0.137. The number of nitrogens with one attached hydrogen (secondary N) is 1. The number of unbranched alkanes of at least 4 members (excludes halogenated alkanes) is 1. The fourth-order valence-corrected chi connectivity index (χ4v) is 4.45. The highest BCUT2D eigenvalue weighted by atomic mass is 19.4. The number of alkyl halides is 3. The lowest BCUT2D eigenvalue weighted by Crippen LogP contribution is -2.43. The van der Waals surface area contributed by atoms with E-state index in [4.69, 9.17) is 10.5 Å². The van der Waals surface area contributed by atoms with Gasteiger partial charge in [-0.05, 0) is 50.5 Å². The van der Waals surface area contributed by atoms with Gasteiger partial charge in [-0.2, -0.15) is 18.4 Å². The molecule has 0 aliphatic carbocycles. The van der Waals surface area contributed by atoms with Crippen molar-refractivity contribution in [3.63, 3.8) is 0 Å². The maximum atomic E-state index is 13.5. The summed E-state index contributed by atoms with van der Waals surface area (Å²) in [6, 6.07) is 10.5. The molecule has 3 aromatic rings. The molecule has 1 aliphatic heterocycles. The number of benzene rings is 2. The maximum Gasteiger partial charge on any atom is 0.417 e. The number of amides is 4. The number of hydrogen-bond acceptors (Lipinski definition) is 7. The van der Waals surface area contributed by atoms with Crippen LogP contribution in [0.4, 0.5) is 23.7 Å². The van der Waals surface area contributed by atoms with Gasteiger partial charge in [0.25, 0.3) is 5.91 Å². The monoisotopic (exact) mass is 569 g/mol. The maximum absolute atomic E-state index is 13.5. The lowest BCUT2D eigenvalue weighted by Gasteiger charge is -2.27. The van der Waals surface area contributed by atoms with Gasteiger partial charge in [0.05, 0.1) is 29.1 Å². The third-order valence-electron chi connectivity index (χ3n) is 6.81. The van der Waals surface area contributed by atoms with Crippen molar-refractivity contribution in [2.75, 3.05) is 4.90 Å². The molecule has 0 atom stereocenters. The number of rotatable bonds is 9. The first-order valence-corrected chi connectivity index (χ1v) is 12.6. The Kier molecular flexibility index (Phi) is 8.11. The van der Waals surface area contributed by atoms with Crippen molar-refractivity contribution in [3.8, 4) is 17.3 Å². The van der Waals surface area contributed by atoms with Crippen LogP contribution in [0, 0.1) is 11.3 Å². The molecule has 0 bridgehead atoms. The summed E-state index contributed by atoms with van der Waals surface area (Å²) in [5.41, 5.74) is 0.169. The first-order valence-electron chi connectivity index (χ1n) is 12.6. The number of nitrogens with zero attached hydrogens (tertiary/aromatic N) is 6. The molecule has 2 N–H and O–H groups in total. The second-order valence-electron chi connectivity index (χ2n) is 9.96. The number of aryl methyl sites for hydroxylation is 1. The van der Waals surface area contributed by atoms with Crippen LogP contribution in [0.25, 0.3) is 11.3 Å². The Morgan fingerprint density at radius 1 is 1.12 bits per heavy atom. The van der Waals surface area contributed by atoms with Crippen LogP contribution in [-0.4, -0.2) is 48.5 Å². The van der Waals surface area contributed by atoms with Crippen molar-refractivity contribution in [1.82, 2.24) is 25.4 Å². The quantitative estimate of drug-likeness (QED) is 0.170. The van der Waals surface area contributed by atoms with Crippen molar-refractivity contribution in [1.29, 1.82) is 5.26 Å². The number of anilines is 1. The highest BCUT2D eigenvalue weighted by Crippen LogP contribution is 2.38. The predicted molar refractivity (Wildman–Crippen MR) is 138 cm³/mol. The van der Waals surface area contributed by atoms with Gasteiger partial charge in [-0.15, -0.1) is 5.10 Å². The predicted octanol–water partition coefficient (Wildman–Crippen LogP) is 4.26. The summed E-state index contributed by atoms with van der Waals surface area (Å²) in [6.07, 6.45) is -1.67. The Hall–Kier alpha value is -4.77. The number of halogens is 3. The SMILES string of the molecule is CC1(C)C(=O)N(c2ccc(C#N)c(C(F)(F)F)c2)C(=O)N1Cc1ccc(-c2cn(CCCCC(=O)NO)nn2)cc1. The molecule has 41 heavy (non-hydrogen) atoms. The van der Waals surface area contributed by atoms with Crippen molar-refractivity contribution < 1.29 is 32.8 Å². The van der Waals surface area contributed by atoms with Gasteiger partial charge in [0.1, 0.15) is 11.2 Å². The van der Waals surface area contributed by atoms with Crippen LogP contribution in [0.1, 0.15) is 49.8 Å². The zero-order chi connectivity index (χ0) is 29.9. The van der Waals surface area contributed by atoms with Gasteiger partial charge < -0.3 is 4.90 Å². The minimum atomic E-state index is -4.84. The van der Waals surface area contributed by atoms with Gasteiger partial charge in [-0.3, -0.25) is 19.5 Å². The molecule has 14 heteroatoms. The van der Waals surface area contributed by atoms with E-state index in [2.05, 4.69) is 10.3 Å². The third-order valence-corrected chi connectivity index (χ3v) is 6.81. The lowest BCUT2D eigenvalue weighted by atomic mass is 10.0. The first-order chi connectivity index (χ1) is 19.4. The molecule has 2 heterocycles. The topological polar surface area (TPSA) is 144 Å². The largest absolute Gasteiger partial charge is 0.417 e. The molecule has 2 aromatic carbocycles. The Morgan fingerprint density at radius 2 is 1.83 bits per heavy atom. The molecule has 0 unspecified atom stereocenters. The summed E-state index contributed by atoms with van der Waals surface area (Å²) in [7, 11) is 0. The summed E-state index contributed by atoms with van der Waals surface area (Å²) >= 11 is 0. The number of aromatic nitrogens is 3. The smallest absolute Gasteiger partial charge is 0.305 e. The Labute approximate surface area is 232 Å². The standard InChI is InChI=1S/C27H26F3N7O4/c1-26(2)24(39)37(20-11-10-19(14-31)21(13-20)27(28,29)30)25(40)36(26)15-17-6-8-18(9-7-17)22-16-35(34-32-22)12-4-3-5-23(38)33-41/h6-11,13,16,41H,3-5,12,15H2,1-2H3,(H,33,38). The fourth-order valence-electron chi connectivity index (χ4n) is 4.45. The summed E-state index contributed by atoms with van der Waals surface area (Å²) in [5, 5.41) is 25.8. The van der Waals surface area contributed by atoms with Gasteiger partial charge in [-0.1, -0.05) is 29.5 Å². The highest BCUT2D eigenvalue weighted by molar-refractivity contribution is 6.23. The van der Waals surface area contributed by atoms with E-state index in [0.29, 0.717) is 41.6 Å². The van der Waals surface area contributed by atoms with E-state index in [1.807, 2.05) is 0 Å². The molecule has 1 aliphatic rings. The van der Waals surface area contributed by atoms with Crippen LogP contribution in [0.15, 0.2) is 48.7 Å². The summed E-state index contributed by atoms with van der Waals surface area (Å²) in [4.78, 5) is 39.6. The normalized spacial score (nSPS) is 14.9. The molecule has 0 saturated carbocycles. The van der Waals surface area contributed by atoms with Crippen LogP contribution in [0.5, 0.6) is 0 Å². The number of urea groups is 1. The first kappa shape index (κ1) is 29.2. The fraction of sp³-hybridized carbons (Fsp3) is 0.333. The average Bonchev–Trinajstić information content (AvgIpc) is 3.48. The van der Waals surface area contributed by atoms with E-state index >= 15 is 0 Å². The number of hydroxylamine groups is 1. The molecule has 214 valence electrons. The van der Waals surface area contributed by atoms with Crippen molar-refractivity contribution in [2.24, 2.45) is 0 Å². The number of carbonyl (C=O) groups is 3. The molecule has 1 aromatic heterocycles. The Morgan fingerprint density at radius 3 is 2.46 bits per heavy atom. The second-order valence-corrected chi connectivity index (χ2v) is 9.96. The van der Waals surface area contributed by atoms with Gasteiger partial charge in [0, 0.05) is 25.1 Å². The molecule has 4 amide bonds. The number of nitriles is 1. The molecule has 4 rings (SSSR count). The van der Waals surface area contributed by atoms with E-state index < -0.39 is 40.7 Å². The van der Waals surface area contributed by atoms with Crippen LogP contribution in [-0.2, 0) is 28.9 Å². The molecule has 0 spiro atoms. The number of imide groups is 1. The van der Waals surface area contributed by atoms with E-state index in [1.165, 1.54) is 24.8 Å². The minimum absolute atomic E-state index is 0.0187. The third kappa shape index (κ3) is 6.04. The van der Waals surface area contributed by atoms with Crippen LogP contribution in [0.3, 0.4) is 0 Å². The van der Waals surface area contributed by atoms with Gasteiger partial charge >= 0.3 is 12.2 Å². The molecular weight excluding hydrogens is 543 g/mol. The van der Waals surface area contributed by atoms with Crippen LogP contribution < -0.4 is 10.4 Å². The van der Waals surface area contributed by atoms with Crippen LogP contribution >= 0.6 is 0 Å². The van der Waals surface area contributed by atoms with Gasteiger partial charge in [0.15, 0.2) is 0 Å². The zero-order valence-electron chi connectivity index (χ0n) is 22.1. The zero-order valence-corrected chi connectivity index (χ0v) is 22.1. The Balaban J connectivity index is 1.47. The number of carbonyl (C=O) groups excluding carboxylic acids is 3. The molecule has 1 fully saturated rings. The van der Waals surface area contributed by atoms with E-state index in [1.54, 1.807) is 40.6 Å². The molecule has 0 radical (unpaired) electrons. The average molecular weight is 570 g/mol. The minimum Gasteiger partial charge on any atom is -0.305 e. The Bertz CT molecular complexity index is 1510. The summed E-state index contributed by atoms with van der Waals surface area (Å²) < 4.78 is 42.1. The van der Waals surface area contributed by atoms with Crippen molar-refractivity contribution in [3.05, 3.63) is 65.4 Å². The van der Waals surface area contributed by atoms with E-state index in [-0.39, 0.29) is 18.7 Å². The molecule has 1 saturated heterocycles. The molecule has 11 nitrogen and oxygen atoms in total. The van der Waals surface area contributed by atoms with E-state index in [9.17, 15) is 27.6 Å². The second kappa shape index (κ2) is 11.4. The van der Waals surface area contributed by atoms with Crippen molar-refractivity contribution >= 4 is 23.5 Å². The summed E-state index contributed by atoms with van der Waals surface area (Å²) in [6.45, 7) is 3.59. The number of hydrogen-bond donors (Lipinski definition) is 2. The van der Waals surface area contributed by atoms with Gasteiger partial charge in [-0.25, -0.2) is 15.2 Å². The van der Waals surface area contributed by atoms with Crippen molar-refractivity contribution in [2.45, 2.75) is 57.9 Å². The summed E-state index contributed by atoms with van der Waals surface area (Å²) in [5.74, 6) is -1.14.